The van der Waals surface area contributed by atoms with E-state index in [4.69, 9.17) is 4.74 Å². The van der Waals surface area contributed by atoms with Crippen molar-refractivity contribution in [2.75, 3.05) is 6.61 Å². The van der Waals surface area contributed by atoms with E-state index in [1.165, 1.54) is 28.6 Å². The Balaban J connectivity index is 1.58. The minimum atomic E-state index is -0.945. The fourth-order valence-corrected chi connectivity index (χ4v) is 4.72. The van der Waals surface area contributed by atoms with Gasteiger partial charge in [0.05, 0.1) is 18.0 Å². The highest BCUT2D eigenvalue weighted by Crippen LogP contribution is 2.38. The van der Waals surface area contributed by atoms with Crippen LogP contribution in [0.15, 0.2) is 64.3 Å². The van der Waals surface area contributed by atoms with Crippen molar-refractivity contribution in [1.29, 1.82) is 0 Å². The quantitative estimate of drug-likeness (QED) is 0.595. The molecule has 1 aliphatic rings. The first-order valence-electron chi connectivity index (χ1n) is 8.92. The van der Waals surface area contributed by atoms with Gasteiger partial charge in [0.2, 0.25) is 0 Å². The second-order valence-corrected chi connectivity index (χ2v) is 7.88. The van der Waals surface area contributed by atoms with Crippen molar-refractivity contribution < 1.29 is 14.9 Å². The third kappa shape index (κ3) is 3.64. The number of aromatic amines is 1. The summed E-state index contributed by atoms with van der Waals surface area (Å²) in [5, 5.41) is 21.9. The van der Waals surface area contributed by atoms with Gasteiger partial charge in [0.15, 0.2) is 6.23 Å². The molecule has 0 saturated carbocycles. The molecule has 3 N–H and O–H groups in total. The van der Waals surface area contributed by atoms with Crippen LogP contribution in [0.1, 0.15) is 11.8 Å². The van der Waals surface area contributed by atoms with Crippen LogP contribution < -0.4 is 11.2 Å². The van der Waals surface area contributed by atoms with Crippen LogP contribution in [0.25, 0.3) is 10.8 Å². The summed E-state index contributed by atoms with van der Waals surface area (Å²) < 4.78 is 6.97. The van der Waals surface area contributed by atoms with Crippen LogP contribution in [0.4, 0.5) is 0 Å². The molecule has 28 heavy (non-hydrogen) atoms. The molecule has 1 fully saturated rings. The van der Waals surface area contributed by atoms with Gasteiger partial charge in [0, 0.05) is 18.0 Å². The van der Waals surface area contributed by atoms with Gasteiger partial charge in [-0.2, -0.15) is 0 Å². The summed E-state index contributed by atoms with van der Waals surface area (Å²) >= 11 is 1.45. The molecule has 0 aliphatic carbocycles. The van der Waals surface area contributed by atoms with E-state index in [1.54, 1.807) is 0 Å². The number of aliphatic hydroxyl groups excluding tert-OH is 2. The van der Waals surface area contributed by atoms with Crippen LogP contribution in [0.5, 0.6) is 0 Å². The Morgan fingerprint density at radius 2 is 1.89 bits per heavy atom. The van der Waals surface area contributed by atoms with Crippen molar-refractivity contribution >= 4 is 22.5 Å². The zero-order valence-corrected chi connectivity index (χ0v) is 15.7. The first kappa shape index (κ1) is 18.9. The maximum absolute atomic E-state index is 12.2. The van der Waals surface area contributed by atoms with Crippen molar-refractivity contribution in [1.82, 2.24) is 9.55 Å². The molecule has 4 atom stereocenters. The molecule has 1 aliphatic heterocycles. The predicted molar refractivity (Wildman–Crippen MR) is 107 cm³/mol. The Bertz CT molecular complexity index is 1100. The number of fused-ring (bicyclic) bond motifs is 1. The van der Waals surface area contributed by atoms with E-state index in [0.717, 1.165) is 16.3 Å². The van der Waals surface area contributed by atoms with E-state index >= 15 is 0 Å². The fraction of sp³-hybridized carbons (Fsp3) is 0.300. The van der Waals surface area contributed by atoms with Gasteiger partial charge in [0.25, 0.3) is 5.56 Å². The maximum atomic E-state index is 12.2. The van der Waals surface area contributed by atoms with Gasteiger partial charge in [-0.15, -0.1) is 11.8 Å². The highest BCUT2D eigenvalue weighted by molar-refractivity contribution is 7.99. The van der Waals surface area contributed by atoms with Gasteiger partial charge in [-0.05, 0) is 16.3 Å². The number of H-pyrrole nitrogens is 1. The molecule has 0 amide bonds. The van der Waals surface area contributed by atoms with Gasteiger partial charge in [-0.3, -0.25) is 14.3 Å². The Morgan fingerprint density at radius 1 is 1.11 bits per heavy atom. The summed E-state index contributed by atoms with van der Waals surface area (Å²) in [5.41, 5.74) is -0.0330. The Labute approximate surface area is 164 Å². The van der Waals surface area contributed by atoms with E-state index in [9.17, 15) is 19.8 Å². The van der Waals surface area contributed by atoms with E-state index in [2.05, 4.69) is 11.1 Å². The molecule has 2 heterocycles. The largest absolute Gasteiger partial charge is 0.394 e. The molecule has 7 nitrogen and oxygen atoms in total. The van der Waals surface area contributed by atoms with Crippen molar-refractivity contribution in [3.8, 4) is 0 Å². The number of benzene rings is 2. The van der Waals surface area contributed by atoms with Gasteiger partial charge in [-0.1, -0.05) is 42.5 Å². The second kappa shape index (κ2) is 7.92. The topological polar surface area (TPSA) is 105 Å². The molecule has 0 bridgehead atoms. The summed E-state index contributed by atoms with van der Waals surface area (Å²) in [4.78, 5) is 25.7. The van der Waals surface area contributed by atoms with Crippen LogP contribution in [-0.4, -0.2) is 43.8 Å². The third-order valence-electron chi connectivity index (χ3n) is 4.87. The van der Waals surface area contributed by atoms with Crippen LogP contribution in [-0.2, 0) is 10.5 Å². The SMILES string of the molecule is O=c1ccn(C2OC(CO)C(O)C2SCc2ccc3ccccc3c2)c(=O)[nH]1. The van der Waals surface area contributed by atoms with E-state index in [0.29, 0.717) is 5.75 Å². The first-order valence-corrected chi connectivity index (χ1v) is 9.97. The standard InChI is InChI=1S/C20H20N2O5S/c23-10-15-17(25)18(19(27-15)22-8-7-16(24)21-20(22)26)28-11-12-5-6-13-3-1-2-4-14(13)9-12/h1-9,15,17-19,23,25H,10-11H2,(H,21,24,26). The lowest BCUT2D eigenvalue weighted by Gasteiger charge is -2.21. The summed E-state index contributed by atoms with van der Waals surface area (Å²) in [6.07, 6.45) is -1.18. The molecule has 0 radical (unpaired) electrons. The normalized spacial score (nSPS) is 24.6. The van der Waals surface area contributed by atoms with Crippen molar-refractivity contribution in [3.05, 3.63) is 81.1 Å². The smallest absolute Gasteiger partial charge is 0.330 e. The number of nitrogens with one attached hydrogen (secondary N) is 1. The lowest BCUT2D eigenvalue weighted by atomic mass is 10.1. The first-order chi connectivity index (χ1) is 13.6. The average Bonchev–Trinajstić information content (AvgIpc) is 3.01. The number of aromatic nitrogens is 2. The van der Waals surface area contributed by atoms with E-state index in [1.807, 2.05) is 36.4 Å². The molecule has 0 spiro atoms. The second-order valence-electron chi connectivity index (χ2n) is 6.71. The molecule has 4 rings (SSSR count). The van der Waals surface area contributed by atoms with Gasteiger partial charge >= 0.3 is 5.69 Å². The van der Waals surface area contributed by atoms with Crippen molar-refractivity contribution in [3.63, 3.8) is 0 Å². The third-order valence-corrected chi connectivity index (χ3v) is 6.27. The minimum Gasteiger partial charge on any atom is -0.394 e. The van der Waals surface area contributed by atoms with E-state index < -0.39 is 34.9 Å². The highest BCUT2D eigenvalue weighted by Gasteiger charge is 2.44. The Hall–Kier alpha value is -2.39. The van der Waals surface area contributed by atoms with Gasteiger partial charge in [0.1, 0.15) is 6.10 Å². The predicted octanol–water partition coefficient (Wildman–Crippen LogP) is 1.24. The molecular weight excluding hydrogens is 380 g/mol. The lowest BCUT2D eigenvalue weighted by Crippen LogP contribution is -2.36. The van der Waals surface area contributed by atoms with Gasteiger partial charge in [-0.25, -0.2) is 4.79 Å². The summed E-state index contributed by atoms with van der Waals surface area (Å²) in [7, 11) is 0. The number of aliphatic hydroxyl groups is 2. The molecule has 2 aromatic carbocycles. The lowest BCUT2D eigenvalue weighted by molar-refractivity contribution is -0.0457. The van der Waals surface area contributed by atoms with Crippen molar-refractivity contribution in [2.24, 2.45) is 0 Å². The molecule has 8 heteroatoms. The van der Waals surface area contributed by atoms with Crippen LogP contribution in [0.2, 0.25) is 0 Å². The zero-order chi connectivity index (χ0) is 19.7. The molecule has 1 aromatic heterocycles. The number of thioether (sulfide) groups is 1. The molecule has 1 saturated heterocycles. The molecule has 146 valence electrons. The Kier molecular flexibility index (Phi) is 5.36. The number of rotatable bonds is 5. The zero-order valence-electron chi connectivity index (χ0n) is 14.9. The van der Waals surface area contributed by atoms with Crippen LogP contribution >= 0.6 is 11.8 Å². The number of ether oxygens (including phenoxy) is 1. The molecular formula is C20H20N2O5S. The van der Waals surface area contributed by atoms with Crippen molar-refractivity contribution in [2.45, 2.75) is 29.4 Å². The number of hydrogen-bond donors (Lipinski definition) is 3. The molecule has 3 aromatic rings. The summed E-state index contributed by atoms with van der Waals surface area (Å²) in [6, 6.07) is 15.5. The Morgan fingerprint density at radius 3 is 2.64 bits per heavy atom. The molecule has 4 unspecified atom stereocenters. The maximum Gasteiger partial charge on any atom is 0.330 e. The fourth-order valence-electron chi connectivity index (χ4n) is 3.42. The van der Waals surface area contributed by atoms with Crippen LogP contribution in [0, 0.1) is 0 Å². The summed E-state index contributed by atoms with van der Waals surface area (Å²) in [5.74, 6) is 0.600. The van der Waals surface area contributed by atoms with E-state index in [-0.39, 0.29) is 6.61 Å². The number of hydrogen-bond acceptors (Lipinski definition) is 6. The number of nitrogens with zero attached hydrogens (tertiary/aromatic N) is 1. The van der Waals surface area contributed by atoms with Crippen LogP contribution in [0.3, 0.4) is 0 Å². The monoisotopic (exact) mass is 400 g/mol. The van der Waals surface area contributed by atoms with Gasteiger partial charge < -0.3 is 14.9 Å². The minimum absolute atomic E-state index is 0.358. The summed E-state index contributed by atoms with van der Waals surface area (Å²) in [6.45, 7) is -0.358. The highest BCUT2D eigenvalue weighted by atomic mass is 32.2. The average molecular weight is 400 g/mol.